The smallest absolute Gasteiger partial charge is 0.181 e. The second kappa shape index (κ2) is 2.42. The average Bonchev–Trinajstić information content (AvgIpc) is 2.14. The molecule has 0 aliphatic heterocycles. The van der Waals surface area contributed by atoms with Crippen molar-refractivity contribution < 1.29 is 4.79 Å². The molecule has 5 heteroatoms. The first kappa shape index (κ1) is 6.66. The van der Waals surface area contributed by atoms with Crippen molar-refractivity contribution >= 4 is 28.6 Å². The third-order valence-corrected chi connectivity index (χ3v) is 1.30. The van der Waals surface area contributed by atoms with Gasteiger partial charge in [0.05, 0.1) is 29.1 Å². The summed E-state index contributed by atoms with van der Waals surface area (Å²) in [5.41, 5.74) is 0.407. The Morgan fingerprint density at radius 3 is 2.78 bits per heavy atom. The first-order valence-electron chi connectivity index (χ1n) is 2.29. The molecule has 0 N–H and O–H groups in total. The average molecular weight is 237 g/mol. The van der Waals surface area contributed by atoms with E-state index < -0.39 is 0 Å². The van der Waals surface area contributed by atoms with E-state index in [2.05, 4.69) is 10.3 Å². The van der Waals surface area contributed by atoms with Crippen LogP contribution in [-0.4, -0.2) is 19.0 Å². The Morgan fingerprint density at radius 2 is 2.56 bits per heavy atom. The number of rotatable bonds is 1. The van der Waals surface area contributed by atoms with Gasteiger partial charge in [-0.05, 0) is 0 Å². The first-order valence-corrected chi connectivity index (χ1v) is 3.26. The largest absolute Gasteiger partial charge is 0.293 e. The fourth-order valence-electron chi connectivity index (χ4n) is 0.405. The van der Waals surface area contributed by atoms with Crippen LogP contribution >= 0.6 is 22.9 Å². The van der Waals surface area contributed by atoms with Crippen molar-refractivity contribution in [3.05, 3.63) is 11.9 Å². The highest BCUT2D eigenvalue weighted by molar-refractivity contribution is 14.1. The van der Waals surface area contributed by atoms with Crippen LogP contribution < -0.4 is 0 Å². The molecular formula is C4H4IN3O. The maximum absolute atomic E-state index is 10.5. The summed E-state index contributed by atoms with van der Waals surface area (Å²) in [6.07, 6.45) is 1.57. The molecule has 0 saturated carbocycles. The minimum Gasteiger partial charge on any atom is -0.293 e. The standard InChI is InChI=1S/C4H4IN3O/c1-3(9)4-2-8(5)7-6-4/h2H,1H3. The molecule has 1 heterocycles. The maximum atomic E-state index is 10.5. The lowest BCUT2D eigenvalue weighted by Gasteiger charge is -1.77. The molecule has 0 unspecified atom stereocenters. The minimum absolute atomic E-state index is 0.0575. The van der Waals surface area contributed by atoms with Crippen LogP contribution in [0.5, 0.6) is 0 Å². The number of nitrogens with zero attached hydrogens (tertiary/aromatic N) is 3. The van der Waals surface area contributed by atoms with Gasteiger partial charge in [0.2, 0.25) is 0 Å². The Kier molecular flexibility index (Phi) is 1.79. The molecule has 0 aliphatic carbocycles. The fourth-order valence-corrected chi connectivity index (χ4v) is 0.765. The van der Waals surface area contributed by atoms with Crippen LogP contribution in [0.1, 0.15) is 17.4 Å². The molecule has 0 amide bonds. The molecule has 0 bridgehead atoms. The third kappa shape index (κ3) is 1.47. The number of Topliss-reactive ketones (excluding diaryl/α,β-unsaturated/α-hetero) is 1. The van der Waals surface area contributed by atoms with Crippen molar-refractivity contribution in [1.82, 2.24) is 13.2 Å². The summed E-state index contributed by atoms with van der Waals surface area (Å²) >= 11 is 1.92. The maximum Gasteiger partial charge on any atom is 0.181 e. The van der Waals surface area contributed by atoms with E-state index in [1.807, 2.05) is 22.9 Å². The number of carbonyl (C=O) groups is 1. The van der Waals surface area contributed by atoms with Gasteiger partial charge >= 0.3 is 0 Å². The van der Waals surface area contributed by atoms with E-state index in [9.17, 15) is 4.79 Å². The molecular weight excluding hydrogens is 233 g/mol. The van der Waals surface area contributed by atoms with E-state index in [1.165, 1.54) is 9.82 Å². The van der Waals surface area contributed by atoms with Crippen molar-refractivity contribution in [1.29, 1.82) is 0 Å². The SMILES string of the molecule is CC(=O)c1cn(I)nn1. The van der Waals surface area contributed by atoms with E-state index in [0.29, 0.717) is 5.69 Å². The molecule has 1 aromatic heterocycles. The lowest BCUT2D eigenvalue weighted by atomic mass is 10.3. The molecule has 0 atom stereocenters. The summed E-state index contributed by atoms with van der Waals surface area (Å²) in [5.74, 6) is -0.0575. The molecule has 48 valence electrons. The Bertz CT molecular complexity index is 231. The third-order valence-electron chi connectivity index (χ3n) is 0.827. The van der Waals surface area contributed by atoms with Crippen LogP contribution in [0.4, 0.5) is 0 Å². The van der Waals surface area contributed by atoms with Gasteiger partial charge in [-0.2, -0.15) is 2.90 Å². The summed E-state index contributed by atoms with van der Waals surface area (Å²) in [6.45, 7) is 1.46. The molecule has 0 aromatic carbocycles. The first-order chi connectivity index (χ1) is 4.20. The van der Waals surface area contributed by atoms with Crippen LogP contribution in [0.25, 0.3) is 0 Å². The number of aromatic nitrogens is 3. The van der Waals surface area contributed by atoms with Gasteiger partial charge in [-0.1, -0.05) is 5.21 Å². The normalized spacial score (nSPS) is 9.56. The zero-order valence-corrected chi connectivity index (χ0v) is 6.86. The van der Waals surface area contributed by atoms with Crippen LogP contribution in [0.3, 0.4) is 0 Å². The van der Waals surface area contributed by atoms with Gasteiger partial charge < -0.3 is 0 Å². The van der Waals surface area contributed by atoms with Crippen molar-refractivity contribution in [3.8, 4) is 0 Å². The minimum atomic E-state index is -0.0575. The van der Waals surface area contributed by atoms with Gasteiger partial charge in [-0.3, -0.25) is 4.79 Å². The highest BCUT2D eigenvalue weighted by Gasteiger charge is 2.01. The van der Waals surface area contributed by atoms with Crippen LogP contribution in [0.2, 0.25) is 0 Å². The summed E-state index contributed by atoms with van der Waals surface area (Å²) in [7, 11) is 0. The number of hydrogen-bond acceptors (Lipinski definition) is 3. The van der Waals surface area contributed by atoms with Crippen LogP contribution in [0.15, 0.2) is 6.20 Å². The van der Waals surface area contributed by atoms with Gasteiger partial charge in [0.15, 0.2) is 5.78 Å². The number of carbonyl (C=O) groups excluding carboxylic acids is 1. The van der Waals surface area contributed by atoms with E-state index in [4.69, 9.17) is 0 Å². The Labute approximate surface area is 65.7 Å². The molecule has 0 fully saturated rings. The molecule has 4 nitrogen and oxygen atoms in total. The summed E-state index contributed by atoms with van der Waals surface area (Å²) in [6, 6.07) is 0. The van der Waals surface area contributed by atoms with Gasteiger partial charge in [0.25, 0.3) is 0 Å². The summed E-state index contributed by atoms with van der Waals surface area (Å²) in [5, 5.41) is 7.14. The van der Waals surface area contributed by atoms with Crippen molar-refractivity contribution in [2.75, 3.05) is 0 Å². The second-order valence-corrected chi connectivity index (χ2v) is 2.54. The van der Waals surface area contributed by atoms with Gasteiger partial charge in [0.1, 0.15) is 5.69 Å². The molecule has 1 aromatic rings. The van der Waals surface area contributed by atoms with Crippen LogP contribution in [0, 0.1) is 0 Å². The number of hydrogen-bond donors (Lipinski definition) is 0. The van der Waals surface area contributed by atoms with E-state index in [1.54, 1.807) is 6.20 Å². The molecule has 0 spiro atoms. The summed E-state index contributed by atoms with van der Waals surface area (Å²) < 4.78 is 1.47. The topological polar surface area (TPSA) is 47.8 Å². The van der Waals surface area contributed by atoms with E-state index >= 15 is 0 Å². The zero-order valence-electron chi connectivity index (χ0n) is 4.71. The molecule has 9 heavy (non-hydrogen) atoms. The van der Waals surface area contributed by atoms with Gasteiger partial charge in [-0.25, -0.2) is 0 Å². The van der Waals surface area contributed by atoms with Crippen molar-refractivity contribution in [2.24, 2.45) is 0 Å². The Hall–Kier alpha value is -0.460. The second-order valence-electron chi connectivity index (χ2n) is 1.55. The van der Waals surface area contributed by atoms with Crippen molar-refractivity contribution in [2.45, 2.75) is 6.92 Å². The highest BCUT2D eigenvalue weighted by Crippen LogP contribution is 1.95. The number of halogens is 1. The molecule has 0 radical (unpaired) electrons. The Balaban J connectivity index is 2.98. The highest BCUT2D eigenvalue weighted by atomic mass is 127. The number of ketones is 1. The lowest BCUT2D eigenvalue weighted by molar-refractivity contribution is 0.101. The molecule has 0 aliphatic rings. The van der Waals surface area contributed by atoms with Gasteiger partial charge in [0, 0.05) is 6.92 Å². The van der Waals surface area contributed by atoms with E-state index in [0.717, 1.165) is 0 Å². The van der Waals surface area contributed by atoms with Crippen LogP contribution in [-0.2, 0) is 0 Å². The van der Waals surface area contributed by atoms with E-state index in [-0.39, 0.29) is 5.78 Å². The van der Waals surface area contributed by atoms with Gasteiger partial charge in [-0.15, -0.1) is 5.10 Å². The molecule has 0 saturated heterocycles. The lowest BCUT2D eigenvalue weighted by Crippen LogP contribution is -1.90. The Morgan fingerprint density at radius 1 is 1.89 bits per heavy atom. The molecule has 1 rings (SSSR count). The summed E-state index contributed by atoms with van der Waals surface area (Å²) in [4.78, 5) is 10.5. The fraction of sp³-hybridized carbons (Fsp3) is 0.250. The quantitative estimate of drug-likeness (QED) is 0.533. The zero-order chi connectivity index (χ0) is 6.85. The monoisotopic (exact) mass is 237 g/mol. The predicted octanol–water partition coefficient (Wildman–Crippen LogP) is 0.679. The predicted molar refractivity (Wildman–Crippen MR) is 39.4 cm³/mol. The van der Waals surface area contributed by atoms with Crippen molar-refractivity contribution in [3.63, 3.8) is 0 Å².